The maximum absolute atomic E-state index is 14.5. The molecule has 27 heavy (non-hydrogen) atoms. The van der Waals surface area contributed by atoms with Crippen LogP contribution in [0.4, 0.5) is 13.2 Å². The fourth-order valence-corrected chi connectivity index (χ4v) is 3.58. The first-order chi connectivity index (χ1) is 12.8. The second-order valence-corrected chi connectivity index (χ2v) is 7.80. The summed E-state index contributed by atoms with van der Waals surface area (Å²) in [5, 5.41) is 0. The number of nitrogens with two attached hydrogens (primary N) is 1. The largest absolute Gasteiger partial charge is 0.373 e. The Labute approximate surface area is 168 Å². The molecule has 8 heteroatoms. The van der Waals surface area contributed by atoms with Gasteiger partial charge in [-0.05, 0) is 52.4 Å². The average molecular weight is 490 g/mol. The lowest BCUT2D eigenvalue weighted by molar-refractivity contribution is -0.101. The Balaban J connectivity index is 1.93. The van der Waals surface area contributed by atoms with Crippen molar-refractivity contribution in [2.24, 2.45) is 5.73 Å². The van der Waals surface area contributed by atoms with Gasteiger partial charge in [-0.3, -0.25) is 4.79 Å². The van der Waals surface area contributed by atoms with Crippen LogP contribution in [0.5, 0.6) is 0 Å². The molecule has 1 aliphatic rings. The quantitative estimate of drug-likeness (QED) is 0.656. The van der Waals surface area contributed by atoms with Crippen molar-refractivity contribution >= 4 is 28.5 Å². The summed E-state index contributed by atoms with van der Waals surface area (Å²) < 4.78 is 48.5. The number of halogens is 4. The smallest absolute Gasteiger partial charge is 0.254 e. The van der Waals surface area contributed by atoms with E-state index in [0.717, 1.165) is 6.07 Å². The number of hydrogen-bond donors (Lipinski definition) is 1. The number of carbonyl (C=O) groups excluding carboxylic acids is 1. The molecule has 0 bridgehead atoms. The summed E-state index contributed by atoms with van der Waals surface area (Å²) in [4.78, 5) is 14.3. The van der Waals surface area contributed by atoms with Crippen LogP contribution in [0.1, 0.15) is 21.5 Å². The van der Waals surface area contributed by atoms with Crippen LogP contribution in [0.3, 0.4) is 0 Å². The van der Waals surface area contributed by atoms with Gasteiger partial charge < -0.3 is 15.4 Å². The highest BCUT2D eigenvalue weighted by Crippen LogP contribution is 2.29. The number of likely N-dealkylation sites (tertiary alicyclic amines) is 1. The van der Waals surface area contributed by atoms with E-state index in [1.807, 2.05) is 22.6 Å². The molecule has 2 aromatic carbocycles. The molecule has 0 radical (unpaired) electrons. The molecule has 4 nitrogen and oxygen atoms in total. The summed E-state index contributed by atoms with van der Waals surface area (Å²) in [5.41, 5.74) is 5.09. The maximum atomic E-state index is 14.5. The summed E-state index contributed by atoms with van der Waals surface area (Å²) in [6.45, 7) is 0.760. The van der Waals surface area contributed by atoms with Crippen LogP contribution < -0.4 is 5.73 Å². The van der Waals surface area contributed by atoms with Crippen molar-refractivity contribution in [2.45, 2.75) is 12.0 Å². The van der Waals surface area contributed by atoms with Gasteiger partial charge in [-0.25, -0.2) is 13.2 Å². The first-order valence-electron chi connectivity index (χ1n) is 8.25. The minimum atomic E-state index is -1.14. The van der Waals surface area contributed by atoms with Crippen LogP contribution in [-0.2, 0) is 11.2 Å². The van der Waals surface area contributed by atoms with Crippen LogP contribution in [0.2, 0.25) is 0 Å². The van der Waals surface area contributed by atoms with E-state index in [9.17, 15) is 18.0 Å². The molecule has 2 N–H and O–H groups in total. The lowest BCUT2D eigenvalue weighted by atomic mass is 9.91. The van der Waals surface area contributed by atoms with Crippen molar-refractivity contribution in [1.82, 2.24) is 4.90 Å². The van der Waals surface area contributed by atoms with Crippen LogP contribution >= 0.6 is 22.6 Å². The van der Waals surface area contributed by atoms with E-state index in [2.05, 4.69) is 0 Å². The molecule has 144 valence electrons. The zero-order valence-corrected chi connectivity index (χ0v) is 16.7. The Morgan fingerprint density at radius 2 is 1.93 bits per heavy atom. The number of rotatable bonds is 5. The van der Waals surface area contributed by atoms with E-state index >= 15 is 0 Å². The van der Waals surface area contributed by atoms with Crippen LogP contribution in [0.25, 0.3) is 0 Å². The van der Waals surface area contributed by atoms with Gasteiger partial charge in [0.15, 0.2) is 11.6 Å². The molecule has 1 saturated heterocycles. The molecular formula is C19H18F3IN2O2. The van der Waals surface area contributed by atoms with Gasteiger partial charge in [0.25, 0.3) is 5.91 Å². The average Bonchev–Trinajstić information content (AvgIpc) is 2.61. The highest BCUT2D eigenvalue weighted by molar-refractivity contribution is 14.1. The molecule has 3 rings (SSSR count). The zero-order chi connectivity index (χ0) is 19.8. The molecule has 0 aromatic heterocycles. The molecular weight excluding hydrogens is 472 g/mol. The number of ether oxygens (including phenoxy) is 1. The zero-order valence-electron chi connectivity index (χ0n) is 14.6. The summed E-state index contributed by atoms with van der Waals surface area (Å²) in [7, 11) is 1.51. The van der Waals surface area contributed by atoms with Gasteiger partial charge in [0, 0.05) is 34.8 Å². The van der Waals surface area contributed by atoms with Gasteiger partial charge in [-0.2, -0.15) is 0 Å². The summed E-state index contributed by atoms with van der Waals surface area (Å²) in [6.07, 6.45) is -0.229. The van der Waals surface area contributed by atoms with Crippen molar-refractivity contribution in [1.29, 1.82) is 0 Å². The van der Waals surface area contributed by atoms with E-state index in [-0.39, 0.29) is 42.7 Å². The van der Waals surface area contributed by atoms with Crippen molar-refractivity contribution < 1.29 is 22.7 Å². The molecule has 0 unspecified atom stereocenters. The number of benzene rings is 2. The standard InChI is InChI=1S/C19H18F3IN2O2/c1-27-19(8-24)9-25(10-19)18(26)13-4-5-15(20)17(22)14(13)6-11-2-3-12(23)7-16(11)21/h2-5,7H,6,8-10,24H2,1H3. The van der Waals surface area contributed by atoms with Crippen molar-refractivity contribution in [3.63, 3.8) is 0 Å². The fraction of sp³-hybridized carbons (Fsp3) is 0.316. The van der Waals surface area contributed by atoms with Crippen molar-refractivity contribution in [3.05, 3.63) is 68.0 Å². The predicted octanol–water partition coefficient (Wildman–Crippen LogP) is 3.10. The van der Waals surface area contributed by atoms with Crippen molar-refractivity contribution in [3.8, 4) is 0 Å². The Kier molecular flexibility index (Phi) is 5.78. The van der Waals surface area contributed by atoms with Gasteiger partial charge in [0.2, 0.25) is 0 Å². The first kappa shape index (κ1) is 20.1. The van der Waals surface area contributed by atoms with Gasteiger partial charge >= 0.3 is 0 Å². The van der Waals surface area contributed by atoms with E-state index in [4.69, 9.17) is 10.5 Å². The monoisotopic (exact) mass is 490 g/mol. The maximum Gasteiger partial charge on any atom is 0.254 e. The van der Waals surface area contributed by atoms with Gasteiger partial charge in [-0.1, -0.05) is 6.07 Å². The molecule has 1 amide bonds. The minimum absolute atomic E-state index is 0.00794. The highest BCUT2D eigenvalue weighted by Gasteiger charge is 2.45. The Morgan fingerprint density at radius 3 is 2.52 bits per heavy atom. The molecule has 0 spiro atoms. The third-order valence-electron chi connectivity index (χ3n) is 4.86. The molecule has 1 heterocycles. The van der Waals surface area contributed by atoms with Gasteiger partial charge in [-0.15, -0.1) is 0 Å². The summed E-state index contributed by atoms with van der Waals surface area (Å²) in [6, 6.07) is 6.61. The molecule has 0 aliphatic carbocycles. The SMILES string of the molecule is COC1(CN)CN(C(=O)c2ccc(F)c(F)c2Cc2ccc(I)cc2F)C1. The lowest BCUT2D eigenvalue weighted by Crippen LogP contribution is -2.67. The normalized spacial score (nSPS) is 15.6. The van der Waals surface area contributed by atoms with E-state index in [0.29, 0.717) is 3.57 Å². The predicted molar refractivity (Wildman–Crippen MR) is 103 cm³/mol. The van der Waals surface area contributed by atoms with E-state index in [1.165, 1.54) is 30.2 Å². The first-order valence-corrected chi connectivity index (χ1v) is 9.33. The number of methoxy groups -OCH3 is 1. The van der Waals surface area contributed by atoms with Gasteiger partial charge in [0.1, 0.15) is 11.4 Å². The van der Waals surface area contributed by atoms with Crippen LogP contribution in [0.15, 0.2) is 30.3 Å². The Hall–Kier alpha value is -1.65. The second kappa shape index (κ2) is 7.76. The Bertz CT molecular complexity index is 879. The molecule has 1 aliphatic heterocycles. The number of amides is 1. The lowest BCUT2D eigenvalue weighted by Gasteiger charge is -2.48. The van der Waals surface area contributed by atoms with Crippen LogP contribution in [0, 0.1) is 21.0 Å². The highest BCUT2D eigenvalue weighted by atomic mass is 127. The third kappa shape index (κ3) is 3.83. The molecule has 0 atom stereocenters. The summed E-state index contributed by atoms with van der Waals surface area (Å²) >= 11 is 1.96. The number of hydrogen-bond acceptors (Lipinski definition) is 3. The van der Waals surface area contributed by atoms with Gasteiger partial charge in [0.05, 0.1) is 13.1 Å². The number of carbonyl (C=O) groups is 1. The summed E-state index contributed by atoms with van der Waals surface area (Å²) in [5.74, 6) is -3.22. The molecule has 2 aromatic rings. The van der Waals surface area contributed by atoms with Crippen LogP contribution in [-0.4, -0.2) is 43.2 Å². The molecule has 0 saturated carbocycles. The van der Waals surface area contributed by atoms with E-state index < -0.39 is 29.0 Å². The number of nitrogens with zero attached hydrogens (tertiary/aromatic N) is 1. The molecule has 1 fully saturated rings. The van der Waals surface area contributed by atoms with E-state index in [1.54, 1.807) is 6.07 Å². The second-order valence-electron chi connectivity index (χ2n) is 6.55. The Morgan fingerprint density at radius 1 is 1.22 bits per heavy atom. The fourth-order valence-electron chi connectivity index (χ4n) is 3.13. The minimum Gasteiger partial charge on any atom is -0.373 e. The van der Waals surface area contributed by atoms with Crippen molar-refractivity contribution in [2.75, 3.05) is 26.7 Å². The third-order valence-corrected chi connectivity index (χ3v) is 5.53. The topological polar surface area (TPSA) is 55.6 Å².